The molecule has 51 heavy (non-hydrogen) atoms. The second-order valence-corrected chi connectivity index (χ2v) is 15.3. The number of rotatable bonds is 41. The Morgan fingerprint density at radius 1 is 0.314 bits per heavy atom. The molecule has 0 radical (unpaired) electrons. The molecule has 0 saturated carbocycles. The summed E-state index contributed by atoms with van der Waals surface area (Å²) in [5, 5.41) is 0. The van der Waals surface area contributed by atoms with Gasteiger partial charge in [-0.2, -0.15) is 0 Å². The van der Waals surface area contributed by atoms with E-state index in [2.05, 4.69) is 20.8 Å². The Morgan fingerprint density at radius 3 is 0.784 bits per heavy atom. The van der Waals surface area contributed by atoms with Crippen molar-refractivity contribution in [2.24, 2.45) is 0 Å². The lowest BCUT2D eigenvalue weighted by atomic mass is 10.0. The standard InChI is InChI=1S/C45H86O6/c1-4-7-10-13-16-19-22-24-26-29-32-35-38-44(47)50-41-42(40-49-43(46)37-34-31-28-25-21-18-15-12-9-6-3)51-45(48)39-36-33-30-27-23-20-17-14-11-8-5-2/h42H,4-41H2,1-3H3/t42-/m0/s1. The van der Waals surface area contributed by atoms with Crippen molar-refractivity contribution in [3.8, 4) is 0 Å². The van der Waals surface area contributed by atoms with Crippen LogP contribution in [0.3, 0.4) is 0 Å². The monoisotopic (exact) mass is 723 g/mol. The minimum atomic E-state index is -0.757. The number of carbonyl (C=O) groups is 3. The third kappa shape index (κ3) is 39.5. The molecule has 0 aromatic rings. The maximum absolute atomic E-state index is 12.7. The van der Waals surface area contributed by atoms with Crippen molar-refractivity contribution in [2.45, 2.75) is 258 Å². The normalized spacial score (nSPS) is 11.8. The van der Waals surface area contributed by atoms with Crippen LogP contribution in [0, 0.1) is 0 Å². The largest absolute Gasteiger partial charge is 0.462 e. The van der Waals surface area contributed by atoms with Gasteiger partial charge in [0.2, 0.25) is 0 Å². The Hall–Kier alpha value is -1.59. The van der Waals surface area contributed by atoms with Crippen molar-refractivity contribution < 1.29 is 28.6 Å². The summed E-state index contributed by atoms with van der Waals surface area (Å²) in [7, 11) is 0. The maximum Gasteiger partial charge on any atom is 0.306 e. The predicted octanol–water partition coefficient (Wildman–Crippen LogP) is 14.1. The van der Waals surface area contributed by atoms with E-state index in [0.717, 1.165) is 57.8 Å². The van der Waals surface area contributed by atoms with Gasteiger partial charge in [-0.25, -0.2) is 0 Å². The average molecular weight is 723 g/mol. The Bertz CT molecular complexity index is 753. The topological polar surface area (TPSA) is 78.9 Å². The Morgan fingerprint density at radius 2 is 0.529 bits per heavy atom. The second kappa shape index (κ2) is 41.2. The zero-order chi connectivity index (χ0) is 37.3. The fraction of sp³-hybridized carbons (Fsp3) is 0.933. The van der Waals surface area contributed by atoms with E-state index in [9.17, 15) is 14.4 Å². The molecule has 0 saturated heterocycles. The molecule has 0 N–H and O–H groups in total. The summed E-state index contributed by atoms with van der Waals surface area (Å²) in [4.78, 5) is 37.6. The van der Waals surface area contributed by atoms with Crippen LogP contribution in [-0.2, 0) is 28.6 Å². The highest BCUT2D eigenvalue weighted by molar-refractivity contribution is 5.71. The van der Waals surface area contributed by atoms with E-state index in [0.29, 0.717) is 19.3 Å². The van der Waals surface area contributed by atoms with E-state index >= 15 is 0 Å². The predicted molar refractivity (Wildman–Crippen MR) is 215 cm³/mol. The van der Waals surface area contributed by atoms with Crippen molar-refractivity contribution in [3.05, 3.63) is 0 Å². The summed E-state index contributed by atoms with van der Waals surface area (Å²) < 4.78 is 16.7. The zero-order valence-electron chi connectivity index (χ0n) is 34.4. The first-order valence-corrected chi connectivity index (χ1v) is 22.5. The molecule has 0 aliphatic heterocycles. The van der Waals surface area contributed by atoms with Crippen LogP contribution in [-0.4, -0.2) is 37.2 Å². The first-order chi connectivity index (χ1) is 25.0. The molecule has 0 aliphatic carbocycles. The minimum absolute atomic E-state index is 0.0629. The molecule has 0 amide bonds. The maximum atomic E-state index is 12.7. The highest BCUT2D eigenvalue weighted by Gasteiger charge is 2.19. The van der Waals surface area contributed by atoms with Crippen LogP contribution in [0.2, 0.25) is 0 Å². The van der Waals surface area contributed by atoms with E-state index in [4.69, 9.17) is 14.2 Å². The molecule has 0 fully saturated rings. The molecule has 0 heterocycles. The lowest BCUT2D eigenvalue weighted by molar-refractivity contribution is -0.167. The first kappa shape index (κ1) is 49.4. The van der Waals surface area contributed by atoms with Crippen LogP contribution in [0.25, 0.3) is 0 Å². The second-order valence-electron chi connectivity index (χ2n) is 15.3. The summed E-state index contributed by atoms with van der Waals surface area (Å²) in [6, 6.07) is 0. The lowest BCUT2D eigenvalue weighted by Crippen LogP contribution is -2.30. The quantitative estimate of drug-likeness (QED) is 0.0355. The Labute approximate surface area is 317 Å². The highest BCUT2D eigenvalue weighted by Crippen LogP contribution is 2.15. The van der Waals surface area contributed by atoms with Gasteiger partial charge in [-0.1, -0.05) is 213 Å². The molecule has 6 heteroatoms. The molecule has 0 unspecified atom stereocenters. The molecule has 0 aromatic heterocycles. The van der Waals surface area contributed by atoms with Gasteiger partial charge in [-0.15, -0.1) is 0 Å². The summed E-state index contributed by atoms with van der Waals surface area (Å²) in [5.74, 6) is -0.854. The lowest BCUT2D eigenvalue weighted by Gasteiger charge is -2.18. The number of esters is 3. The minimum Gasteiger partial charge on any atom is -0.462 e. The van der Waals surface area contributed by atoms with Crippen LogP contribution in [0.5, 0.6) is 0 Å². The van der Waals surface area contributed by atoms with E-state index in [1.807, 2.05) is 0 Å². The first-order valence-electron chi connectivity index (χ1n) is 22.5. The fourth-order valence-corrected chi connectivity index (χ4v) is 6.68. The summed E-state index contributed by atoms with van der Waals surface area (Å²) in [6.07, 6.45) is 40.8. The summed E-state index contributed by atoms with van der Waals surface area (Å²) >= 11 is 0. The fourth-order valence-electron chi connectivity index (χ4n) is 6.68. The van der Waals surface area contributed by atoms with Gasteiger partial charge in [0.1, 0.15) is 13.2 Å². The van der Waals surface area contributed by atoms with E-state index in [1.54, 1.807) is 0 Å². The molecule has 0 aliphatic rings. The molecular formula is C45H86O6. The van der Waals surface area contributed by atoms with Crippen LogP contribution in [0.1, 0.15) is 252 Å². The van der Waals surface area contributed by atoms with Gasteiger partial charge >= 0.3 is 17.9 Å². The molecular weight excluding hydrogens is 636 g/mol. The van der Waals surface area contributed by atoms with Crippen molar-refractivity contribution in [1.29, 1.82) is 0 Å². The van der Waals surface area contributed by atoms with Crippen LogP contribution >= 0.6 is 0 Å². The van der Waals surface area contributed by atoms with Crippen LogP contribution < -0.4 is 0 Å². The van der Waals surface area contributed by atoms with Crippen LogP contribution in [0.4, 0.5) is 0 Å². The number of hydrogen-bond donors (Lipinski definition) is 0. The van der Waals surface area contributed by atoms with Gasteiger partial charge in [-0.05, 0) is 19.3 Å². The zero-order valence-corrected chi connectivity index (χ0v) is 34.4. The Balaban J connectivity index is 4.32. The van der Waals surface area contributed by atoms with E-state index < -0.39 is 6.10 Å². The summed E-state index contributed by atoms with van der Waals surface area (Å²) in [5.41, 5.74) is 0. The van der Waals surface area contributed by atoms with E-state index in [1.165, 1.54) is 154 Å². The average Bonchev–Trinajstić information content (AvgIpc) is 3.12. The molecule has 0 spiro atoms. The van der Waals surface area contributed by atoms with Gasteiger partial charge in [-0.3, -0.25) is 14.4 Å². The smallest absolute Gasteiger partial charge is 0.306 e. The molecule has 0 aromatic carbocycles. The Kier molecular flexibility index (Phi) is 39.9. The third-order valence-electron chi connectivity index (χ3n) is 10.1. The van der Waals surface area contributed by atoms with Gasteiger partial charge in [0.25, 0.3) is 0 Å². The molecule has 0 rings (SSSR count). The van der Waals surface area contributed by atoms with Crippen molar-refractivity contribution in [3.63, 3.8) is 0 Å². The van der Waals surface area contributed by atoms with E-state index in [-0.39, 0.29) is 31.1 Å². The van der Waals surface area contributed by atoms with Gasteiger partial charge < -0.3 is 14.2 Å². The number of carbonyl (C=O) groups excluding carboxylic acids is 3. The number of ether oxygens (including phenoxy) is 3. The van der Waals surface area contributed by atoms with Gasteiger partial charge in [0.15, 0.2) is 6.10 Å². The molecule has 0 bridgehead atoms. The highest BCUT2D eigenvalue weighted by atomic mass is 16.6. The molecule has 6 nitrogen and oxygen atoms in total. The molecule has 1 atom stereocenters. The van der Waals surface area contributed by atoms with Crippen molar-refractivity contribution in [2.75, 3.05) is 13.2 Å². The SMILES string of the molecule is CCCCCCCCCCCCCCC(=O)OC[C@H](COC(=O)CCCCCCCCCCCC)OC(=O)CCCCCCCCCCCCC. The van der Waals surface area contributed by atoms with Crippen molar-refractivity contribution >= 4 is 17.9 Å². The summed E-state index contributed by atoms with van der Waals surface area (Å²) in [6.45, 7) is 6.63. The van der Waals surface area contributed by atoms with Crippen molar-refractivity contribution in [1.82, 2.24) is 0 Å². The molecule has 302 valence electrons. The number of hydrogen-bond acceptors (Lipinski definition) is 6. The third-order valence-corrected chi connectivity index (χ3v) is 10.1. The van der Waals surface area contributed by atoms with Gasteiger partial charge in [0, 0.05) is 19.3 Å². The van der Waals surface area contributed by atoms with Gasteiger partial charge in [0.05, 0.1) is 0 Å². The van der Waals surface area contributed by atoms with Crippen LogP contribution in [0.15, 0.2) is 0 Å². The number of unbranched alkanes of at least 4 members (excludes halogenated alkanes) is 30.